The molecular weight excluding hydrogens is 196 g/mol. The van der Waals surface area contributed by atoms with Crippen molar-refractivity contribution in [1.29, 1.82) is 0 Å². The summed E-state index contributed by atoms with van der Waals surface area (Å²) in [7, 11) is 0. The van der Waals surface area contributed by atoms with Gasteiger partial charge in [-0.1, -0.05) is 23.7 Å². The summed E-state index contributed by atoms with van der Waals surface area (Å²) in [6.07, 6.45) is 1.61. The molecule has 0 unspecified atom stereocenters. The van der Waals surface area contributed by atoms with E-state index in [1.54, 1.807) is 6.20 Å². The Kier molecular flexibility index (Phi) is 2.08. The van der Waals surface area contributed by atoms with Gasteiger partial charge in [-0.2, -0.15) is 0 Å². The average Bonchev–Trinajstić information content (AvgIpc) is 2.16. The van der Waals surface area contributed by atoms with Gasteiger partial charge in [-0.15, -0.1) is 0 Å². The van der Waals surface area contributed by atoms with Gasteiger partial charge in [-0.25, -0.2) is 0 Å². The van der Waals surface area contributed by atoms with Crippen LogP contribution in [-0.4, -0.2) is 4.98 Å². The molecule has 0 aliphatic heterocycles. The number of nitrogens with zero attached hydrogens (tertiary/aromatic N) is 1. The maximum atomic E-state index is 6.14. The molecule has 72 valence electrons. The number of fused-ring (bicyclic) bond motifs is 1. The van der Waals surface area contributed by atoms with Crippen molar-refractivity contribution in [3.8, 4) is 0 Å². The quantitative estimate of drug-likeness (QED) is 0.720. The van der Waals surface area contributed by atoms with E-state index in [4.69, 9.17) is 17.3 Å². The summed E-state index contributed by atoms with van der Waals surface area (Å²) in [5, 5.41) is 1.57. The molecule has 0 spiro atoms. The van der Waals surface area contributed by atoms with E-state index in [2.05, 4.69) is 4.98 Å². The monoisotopic (exact) mass is 206 g/mol. The van der Waals surface area contributed by atoms with E-state index in [1.807, 2.05) is 26.0 Å². The number of anilines is 1. The molecule has 0 radical (unpaired) electrons. The van der Waals surface area contributed by atoms with Crippen molar-refractivity contribution in [1.82, 2.24) is 4.98 Å². The van der Waals surface area contributed by atoms with Crippen molar-refractivity contribution < 1.29 is 0 Å². The molecule has 1 heterocycles. The molecule has 2 N–H and O–H groups in total. The van der Waals surface area contributed by atoms with Crippen LogP contribution in [0.25, 0.3) is 10.9 Å². The molecular formula is C11H11ClN2. The highest BCUT2D eigenvalue weighted by Gasteiger charge is 2.08. The number of halogens is 1. The van der Waals surface area contributed by atoms with Crippen molar-refractivity contribution in [3.05, 3.63) is 34.5 Å². The number of aromatic nitrogens is 1. The zero-order valence-electron chi connectivity index (χ0n) is 8.13. The Morgan fingerprint density at radius 3 is 2.57 bits per heavy atom. The first kappa shape index (κ1) is 9.28. The van der Waals surface area contributed by atoms with Crippen LogP contribution in [0, 0.1) is 13.8 Å². The summed E-state index contributed by atoms with van der Waals surface area (Å²) in [5.41, 5.74) is 9.40. The number of nitrogens with two attached hydrogens (primary N) is 1. The van der Waals surface area contributed by atoms with E-state index in [1.165, 1.54) is 0 Å². The number of benzene rings is 1. The predicted molar refractivity (Wildman–Crippen MR) is 60.6 cm³/mol. The van der Waals surface area contributed by atoms with Gasteiger partial charge in [0, 0.05) is 5.39 Å². The minimum Gasteiger partial charge on any atom is -0.396 e. The van der Waals surface area contributed by atoms with E-state index in [-0.39, 0.29) is 0 Å². The first-order valence-corrected chi connectivity index (χ1v) is 4.79. The van der Waals surface area contributed by atoms with Gasteiger partial charge in [0.2, 0.25) is 0 Å². The van der Waals surface area contributed by atoms with Gasteiger partial charge in [0.25, 0.3) is 0 Å². The molecule has 1 aromatic heterocycles. The van der Waals surface area contributed by atoms with Crippen LogP contribution in [0.1, 0.15) is 11.1 Å². The molecule has 0 atom stereocenters. The summed E-state index contributed by atoms with van der Waals surface area (Å²) in [4.78, 5) is 4.29. The Hall–Kier alpha value is -1.28. The third-order valence-electron chi connectivity index (χ3n) is 2.39. The molecule has 0 aliphatic carbocycles. The topological polar surface area (TPSA) is 38.9 Å². The van der Waals surface area contributed by atoms with E-state index < -0.39 is 0 Å². The van der Waals surface area contributed by atoms with Crippen molar-refractivity contribution in [2.24, 2.45) is 0 Å². The lowest BCUT2D eigenvalue weighted by atomic mass is 10.1. The van der Waals surface area contributed by atoms with Gasteiger partial charge in [0.15, 0.2) is 0 Å². The Morgan fingerprint density at radius 2 is 1.86 bits per heavy atom. The maximum Gasteiger partial charge on any atom is 0.0750 e. The molecule has 14 heavy (non-hydrogen) atoms. The summed E-state index contributed by atoms with van der Waals surface area (Å²) in [5.74, 6) is 0. The van der Waals surface area contributed by atoms with Gasteiger partial charge >= 0.3 is 0 Å². The number of aryl methyl sites for hydroxylation is 2. The van der Waals surface area contributed by atoms with Gasteiger partial charge in [0.05, 0.1) is 22.4 Å². The van der Waals surface area contributed by atoms with Crippen molar-refractivity contribution in [2.45, 2.75) is 13.8 Å². The molecule has 2 aromatic rings. The number of pyridine rings is 1. The SMILES string of the molecule is Cc1ccc(C)c2c(Cl)c(N)cnc12. The first-order valence-electron chi connectivity index (χ1n) is 4.41. The molecule has 0 fully saturated rings. The smallest absolute Gasteiger partial charge is 0.0750 e. The number of rotatable bonds is 0. The van der Waals surface area contributed by atoms with E-state index >= 15 is 0 Å². The molecule has 2 nitrogen and oxygen atoms in total. The highest BCUT2D eigenvalue weighted by atomic mass is 35.5. The zero-order valence-corrected chi connectivity index (χ0v) is 8.89. The molecule has 0 aliphatic rings. The first-order chi connectivity index (χ1) is 6.61. The lowest BCUT2D eigenvalue weighted by molar-refractivity contribution is 1.35. The standard InChI is InChI=1S/C11H11ClN2/c1-6-3-4-7(2)11-9(6)10(12)8(13)5-14-11/h3-5H,13H2,1-2H3. The molecule has 1 aromatic carbocycles. The summed E-state index contributed by atoms with van der Waals surface area (Å²) >= 11 is 6.14. The molecule has 0 amide bonds. The van der Waals surface area contributed by atoms with Gasteiger partial charge in [-0.05, 0) is 25.0 Å². The Balaban J connectivity index is 3.01. The molecule has 0 bridgehead atoms. The molecule has 0 saturated carbocycles. The van der Waals surface area contributed by atoms with Crippen LogP contribution in [0.4, 0.5) is 5.69 Å². The van der Waals surface area contributed by atoms with Crippen LogP contribution >= 0.6 is 11.6 Å². The Labute approximate surface area is 87.7 Å². The maximum absolute atomic E-state index is 6.14. The fourth-order valence-corrected chi connectivity index (χ4v) is 1.86. The average molecular weight is 207 g/mol. The highest BCUT2D eigenvalue weighted by Crippen LogP contribution is 2.31. The second kappa shape index (κ2) is 3.14. The lowest BCUT2D eigenvalue weighted by Crippen LogP contribution is -1.93. The van der Waals surface area contributed by atoms with E-state index in [9.17, 15) is 0 Å². The zero-order chi connectivity index (χ0) is 10.3. The number of nitrogen functional groups attached to an aromatic ring is 1. The molecule has 2 rings (SSSR count). The van der Waals surface area contributed by atoms with Crippen molar-refractivity contribution >= 4 is 28.2 Å². The minimum atomic E-state index is 0.535. The predicted octanol–water partition coefficient (Wildman–Crippen LogP) is 3.09. The fraction of sp³-hybridized carbons (Fsp3) is 0.182. The minimum absolute atomic E-state index is 0.535. The fourth-order valence-electron chi connectivity index (χ4n) is 1.57. The molecule has 0 saturated heterocycles. The van der Waals surface area contributed by atoms with Crippen molar-refractivity contribution in [3.63, 3.8) is 0 Å². The summed E-state index contributed by atoms with van der Waals surface area (Å²) in [6, 6.07) is 4.07. The Bertz CT molecular complexity index is 506. The Morgan fingerprint density at radius 1 is 1.21 bits per heavy atom. The number of hydrogen-bond donors (Lipinski definition) is 1. The second-order valence-electron chi connectivity index (χ2n) is 3.45. The van der Waals surface area contributed by atoms with Gasteiger partial charge in [-0.3, -0.25) is 4.98 Å². The molecule has 3 heteroatoms. The van der Waals surface area contributed by atoms with Crippen LogP contribution in [0.15, 0.2) is 18.3 Å². The van der Waals surface area contributed by atoms with Gasteiger partial charge < -0.3 is 5.73 Å². The van der Waals surface area contributed by atoms with Gasteiger partial charge in [0.1, 0.15) is 0 Å². The van der Waals surface area contributed by atoms with E-state index in [0.29, 0.717) is 10.7 Å². The second-order valence-corrected chi connectivity index (χ2v) is 3.83. The third kappa shape index (κ3) is 1.23. The van der Waals surface area contributed by atoms with Crippen LogP contribution in [0.3, 0.4) is 0 Å². The highest BCUT2D eigenvalue weighted by molar-refractivity contribution is 6.38. The summed E-state index contributed by atoms with van der Waals surface area (Å²) in [6.45, 7) is 4.02. The van der Waals surface area contributed by atoms with E-state index in [0.717, 1.165) is 22.0 Å². The van der Waals surface area contributed by atoms with Crippen molar-refractivity contribution in [2.75, 3.05) is 5.73 Å². The third-order valence-corrected chi connectivity index (χ3v) is 2.80. The number of hydrogen-bond acceptors (Lipinski definition) is 2. The van der Waals surface area contributed by atoms with Crippen LogP contribution < -0.4 is 5.73 Å². The summed E-state index contributed by atoms with van der Waals surface area (Å²) < 4.78 is 0. The van der Waals surface area contributed by atoms with Crippen LogP contribution in [0.5, 0.6) is 0 Å². The normalized spacial score (nSPS) is 10.8. The lowest BCUT2D eigenvalue weighted by Gasteiger charge is -2.07. The van der Waals surface area contributed by atoms with Crippen LogP contribution in [0.2, 0.25) is 5.02 Å². The van der Waals surface area contributed by atoms with Crippen LogP contribution in [-0.2, 0) is 0 Å². The largest absolute Gasteiger partial charge is 0.396 e.